The van der Waals surface area contributed by atoms with Crippen molar-refractivity contribution in [1.29, 1.82) is 0 Å². The van der Waals surface area contributed by atoms with E-state index >= 15 is 0 Å². The van der Waals surface area contributed by atoms with Crippen molar-refractivity contribution in [3.8, 4) is 5.75 Å². The van der Waals surface area contributed by atoms with Crippen LogP contribution >= 0.6 is 0 Å². The molecule has 0 spiro atoms. The van der Waals surface area contributed by atoms with Gasteiger partial charge in [0.1, 0.15) is 36.0 Å². The molecule has 56 heavy (non-hydrogen) atoms. The Morgan fingerprint density at radius 1 is 0.625 bits per heavy atom. The maximum atomic E-state index is 10.4. The fourth-order valence-corrected chi connectivity index (χ4v) is 3.88. The van der Waals surface area contributed by atoms with Crippen LogP contribution in [0.2, 0.25) is 0 Å². The first kappa shape index (κ1) is 54.9. The van der Waals surface area contributed by atoms with Crippen molar-refractivity contribution >= 4 is 29.8 Å². The van der Waals surface area contributed by atoms with Crippen LogP contribution in [0.25, 0.3) is 0 Å². The number of aliphatic carboxylic acids is 5. The molecule has 2 aromatic carbocycles. The molecule has 5 atom stereocenters. The second kappa shape index (κ2) is 31.8. The first-order valence-electron chi connectivity index (χ1n) is 17.1. The summed E-state index contributed by atoms with van der Waals surface area (Å²) in [6, 6.07) is 11.7. The number of hydrogen-bond donors (Lipinski definition) is 14. The molecule has 1 aromatic heterocycles. The summed E-state index contributed by atoms with van der Waals surface area (Å²) in [6.45, 7) is 4.50. The number of nitrogens with two attached hydrogens (primary N) is 6. The van der Waals surface area contributed by atoms with Crippen molar-refractivity contribution in [1.82, 2.24) is 16.1 Å². The molecule has 0 saturated carbocycles. The molecule has 0 fully saturated rings. The van der Waals surface area contributed by atoms with Gasteiger partial charge in [0, 0.05) is 12.6 Å². The summed E-state index contributed by atoms with van der Waals surface area (Å²) in [5.74, 6) is -4.32. The molecule has 20 nitrogen and oxygen atoms in total. The first-order chi connectivity index (χ1) is 25.7. The molecule has 0 aliphatic heterocycles. The quantitative estimate of drug-likeness (QED) is 0.0826. The average Bonchev–Trinajstić information content (AvgIpc) is 3.63. The van der Waals surface area contributed by atoms with Crippen molar-refractivity contribution < 1.29 is 54.6 Å². The monoisotopic (exact) mass is 795 g/mol. The molecule has 0 amide bonds. The van der Waals surface area contributed by atoms with E-state index in [0.717, 1.165) is 24.0 Å². The van der Waals surface area contributed by atoms with Crippen LogP contribution in [0.3, 0.4) is 0 Å². The number of phenols is 1. The number of imidazole rings is 1. The lowest BCUT2D eigenvalue weighted by atomic mass is 10.1. The SMILES string of the molecule is CC(C)CC(N)C(=O)O.N.NC(Cc1c[nH]cn1)C(=O)O.NC(Cc1ccc(O)cc1)C(=O)O.NC(Cc1ccccc1)C(=O)O.NCCCCC(N)C(=O)O. The Kier molecular flexibility index (Phi) is 31.2. The zero-order chi connectivity index (χ0) is 42.5. The van der Waals surface area contributed by atoms with Crippen molar-refractivity contribution in [3.63, 3.8) is 0 Å². The number of carboxylic acids is 5. The predicted octanol–water partition coefficient (Wildman–Crippen LogP) is 0.485. The zero-order valence-corrected chi connectivity index (χ0v) is 31.8. The largest absolute Gasteiger partial charge is 0.508 e. The van der Waals surface area contributed by atoms with Gasteiger partial charge in [0.2, 0.25) is 0 Å². The number of carbonyl (C=O) groups is 5. The first-order valence-corrected chi connectivity index (χ1v) is 17.1. The molecular weight excluding hydrogens is 734 g/mol. The number of nitrogens with one attached hydrogen (secondary N) is 1. The molecule has 316 valence electrons. The standard InChI is InChI=1S/C9H11NO3.C9H11NO2.C6H9N3O2.C6H14N2O2.C6H13NO2.H3N/c10-8(9(12)13)5-6-1-3-7(11)4-2-6;10-8(9(11)12)6-7-4-2-1-3-5-7;7-5(6(10)11)1-4-2-8-3-9-4;7-4-2-1-3-5(8)6(9)10;1-4(2)3-5(7)6(8)9;/h1-4,8,11H,5,10H2,(H,12,13);1-5,8H,6,10H2,(H,11,12);2-3,5H,1,7H2,(H,8,9)(H,10,11);5H,1-4,7-8H2,(H,9,10);4-5H,3,7H2,1-2H3,(H,8,9);1H3. The van der Waals surface area contributed by atoms with E-state index in [0.29, 0.717) is 37.4 Å². The van der Waals surface area contributed by atoms with E-state index < -0.39 is 60.1 Å². The highest BCUT2D eigenvalue weighted by Crippen LogP contribution is 2.11. The molecule has 3 rings (SSSR count). The Morgan fingerprint density at radius 3 is 1.41 bits per heavy atom. The van der Waals surface area contributed by atoms with Crippen LogP contribution in [-0.4, -0.2) is 107 Å². The molecule has 5 unspecified atom stereocenters. The van der Waals surface area contributed by atoms with Gasteiger partial charge in [-0.1, -0.05) is 62.7 Å². The Morgan fingerprint density at radius 2 is 1.05 bits per heavy atom. The molecule has 0 saturated heterocycles. The summed E-state index contributed by atoms with van der Waals surface area (Å²) >= 11 is 0. The number of rotatable bonds is 17. The number of hydrogen-bond acceptors (Lipinski definition) is 14. The number of phenolic OH excluding ortho intramolecular Hbond substituents is 1. The van der Waals surface area contributed by atoms with Crippen molar-refractivity contribution in [3.05, 3.63) is 83.9 Å². The van der Waals surface area contributed by atoms with Gasteiger partial charge in [-0.25, -0.2) is 4.98 Å². The molecule has 0 aliphatic carbocycles. The number of aromatic amines is 1. The summed E-state index contributed by atoms with van der Waals surface area (Å²) in [4.78, 5) is 57.8. The maximum absolute atomic E-state index is 10.4. The third-order valence-corrected chi connectivity index (χ3v) is 6.95. The molecule has 3 aromatic rings. The van der Waals surface area contributed by atoms with Gasteiger partial charge >= 0.3 is 29.8 Å². The highest BCUT2D eigenvalue weighted by molar-refractivity contribution is 5.74. The average molecular weight is 796 g/mol. The summed E-state index contributed by atoms with van der Waals surface area (Å²) in [6.07, 6.45) is 6.75. The van der Waals surface area contributed by atoms with Crippen LogP contribution < -0.4 is 40.6 Å². The molecular formula is C36H61N9O11. The van der Waals surface area contributed by atoms with Crippen LogP contribution in [0, 0.1) is 5.92 Å². The third kappa shape index (κ3) is 29.9. The van der Waals surface area contributed by atoms with Crippen LogP contribution in [0.5, 0.6) is 5.75 Å². The number of H-pyrrole nitrogens is 1. The molecule has 0 aliphatic rings. The fraction of sp³-hybridized carbons (Fsp3) is 0.444. The van der Waals surface area contributed by atoms with Crippen molar-refractivity contribution in [2.75, 3.05) is 6.54 Å². The zero-order valence-electron chi connectivity index (χ0n) is 31.8. The van der Waals surface area contributed by atoms with Crippen LogP contribution in [0.1, 0.15) is 56.4 Å². The van der Waals surface area contributed by atoms with Gasteiger partial charge in [0.15, 0.2) is 0 Å². The van der Waals surface area contributed by atoms with E-state index in [2.05, 4.69) is 9.97 Å². The predicted molar refractivity (Wildman–Crippen MR) is 210 cm³/mol. The lowest BCUT2D eigenvalue weighted by Crippen LogP contribution is -2.32. The molecule has 22 N–H and O–H groups in total. The lowest BCUT2D eigenvalue weighted by molar-refractivity contribution is -0.139. The third-order valence-electron chi connectivity index (χ3n) is 6.95. The molecule has 1 heterocycles. The van der Waals surface area contributed by atoms with E-state index in [-0.39, 0.29) is 24.7 Å². The minimum Gasteiger partial charge on any atom is -0.508 e. The number of benzene rings is 2. The number of aromatic hydroxyl groups is 1. The van der Waals surface area contributed by atoms with Gasteiger partial charge < -0.3 is 76.2 Å². The van der Waals surface area contributed by atoms with Gasteiger partial charge in [0.05, 0.1) is 12.0 Å². The Bertz CT molecular complexity index is 1500. The Balaban J connectivity index is -0.000000628. The number of carboxylic acid groups (broad SMARTS) is 5. The van der Waals surface area contributed by atoms with Crippen molar-refractivity contribution in [2.45, 2.75) is 89.0 Å². The number of aromatic nitrogens is 2. The van der Waals surface area contributed by atoms with E-state index in [1.54, 1.807) is 18.3 Å². The molecule has 0 radical (unpaired) electrons. The Labute approximate surface area is 325 Å². The van der Waals surface area contributed by atoms with Crippen molar-refractivity contribution in [2.24, 2.45) is 40.3 Å². The van der Waals surface area contributed by atoms with Crippen LogP contribution in [0.15, 0.2) is 67.1 Å². The van der Waals surface area contributed by atoms with E-state index in [9.17, 15) is 24.0 Å². The summed E-state index contributed by atoms with van der Waals surface area (Å²) < 4.78 is 0. The lowest BCUT2D eigenvalue weighted by Gasteiger charge is -2.07. The van der Waals surface area contributed by atoms with Gasteiger partial charge in [-0.3, -0.25) is 24.0 Å². The second-order valence-electron chi connectivity index (χ2n) is 12.5. The second-order valence-corrected chi connectivity index (χ2v) is 12.5. The van der Waals surface area contributed by atoms with Crippen LogP contribution in [0.4, 0.5) is 0 Å². The normalized spacial score (nSPS) is 12.6. The molecule has 20 heteroatoms. The fourth-order valence-electron chi connectivity index (χ4n) is 3.88. The summed E-state index contributed by atoms with van der Waals surface area (Å²) in [7, 11) is 0. The number of nitrogens with zero attached hydrogens (tertiary/aromatic N) is 1. The highest BCUT2D eigenvalue weighted by atomic mass is 16.4. The van der Waals surface area contributed by atoms with Gasteiger partial charge in [-0.15, -0.1) is 0 Å². The summed E-state index contributed by atoms with van der Waals surface area (Å²) in [5.41, 5.74) is 34.0. The minimum absolute atomic E-state index is 0. The summed E-state index contributed by atoms with van der Waals surface area (Å²) in [5, 5.41) is 51.0. The smallest absolute Gasteiger partial charge is 0.320 e. The maximum Gasteiger partial charge on any atom is 0.320 e. The topological polar surface area (TPSA) is 427 Å². The van der Waals surface area contributed by atoms with Crippen LogP contribution in [-0.2, 0) is 43.2 Å². The van der Waals surface area contributed by atoms with E-state index in [1.807, 2.05) is 44.2 Å². The van der Waals surface area contributed by atoms with E-state index in [1.165, 1.54) is 18.5 Å². The molecule has 0 bridgehead atoms. The van der Waals surface area contributed by atoms with Gasteiger partial charge in [0.25, 0.3) is 0 Å². The van der Waals surface area contributed by atoms with Gasteiger partial charge in [-0.05, 0) is 67.8 Å². The van der Waals surface area contributed by atoms with E-state index in [4.69, 9.17) is 65.0 Å². The Hall–Kier alpha value is -5.48. The number of unbranched alkanes of at least 4 members (excludes halogenated alkanes) is 1. The van der Waals surface area contributed by atoms with Gasteiger partial charge in [-0.2, -0.15) is 0 Å². The minimum atomic E-state index is -1.02. The highest BCUT2D eigenvalue weighted by Gasteiger charge is 2.14.